The highest BCUT2D eigenvalue weighted by Crippen LogP contribution is 2.39. The van der Waals surface area contributed by atoms with Gasteiger partial charge in [0, 0.05) is 36.7 Å². The lowest BCUT2D eigenvalue weighted by molar-refractivity contribution is -0.135. The standard InChI is InChI=1S/C15H16BrClFN5O2/c1-22-6-7(12-11(16)13(17)21-23(12)2)10(15(22)25)14(24)20-9-5-3-4-8(18)19-9/h3-5,7,10,13,21H,6H2,1-2H3,(H,19,20,24)/t7-,10-,13?/m0/s1. The minimum absolute atomic E-state index is 0.0623. The number of nitrogens with one attached hydrogen (secondary N) is 2. The van der Waals surface area contributed by atoms with Crippen molar-refractivity contribution in [1.29, 1.82) is 0 Å². The molecule has 1 aromatic heterocycles. The minimum atomic E-state index is -0.955. The van der Waals surface area contributed by atoms with Gasteiger partial charge in [-0.15, -0.1) is 0 Å². The van der Waals surface area contributed by atoms with Crippen molar-refractivity contribution in [2.45, 2.75) is 5.50 Å². The summed E-state index contributed by atoms with van der Waals surface area (Å²) in [5.41, 5.74) is 3.27. The van der Waals surface area contributed by atoms with Gasteiger partial charge in [-0.25, -0.2) is 10.4 Å². The molecule has 1 aromatic rings. The Morgan fingerprint density at radius 3 is 2.80 bits per heavy atom. The van der Waals surface area contributed by atoms with Gasteiger partial charge in [0.15, 0.2) is 0 Å². The Labute approximate surface area is 157 Å². The number of aromatic nitrogens is 1. The number of nitrogens with zero attached hydrogens (tertiary/aromatic N) is 3. The zero-order chi connectivity index (χ0) is 18.3. The first-order valence-corrected chi connectivity index (χ1v) is 8.74. The van der Waals surface area contributed by atoms with Gasteiger partial charge in [0.25, 0.3) is 0 Å². The van der Waals surface area contributed by atoms with E-state index in [9.17, 15) is 14.0 Å². The molecule has 3 rings (SSSR count). The maximum absolute atomic E-state index is 13.2. The SMILES string of the molecule is CN1C[C@H](C2=C(Br)C(Cl)NN2C)[C@@H](C(=O)Nc2cccc(F)n2)C1=O. The third-order valence-corrected chi connectivity index (χ3v) is 5.69. The van der Waals surface area contributed by atoms with E-state index in [0.29, 0.717) is 11.0 Å². The number of hydrazine groups is 1. The Morgan fingerprint density at radius 1 is 1.48 bits per heavy atom. The van der Waals surface area contributed by atoms with Crippen LogP contribution in [0.3, 0.4) is 0 Å². The predicted molar refractivity (Wildman–Crippen MR) is 93.9 cm³/mol. The van der Waals surface area contributed by atoms with Crippen LogP contribution in [0.15, 0.2) is 28.4 Å². The molecule has 0 spiro atoms. The van der Waals surface area contributed by atoms with Crippen molar-refractivity contribution in [1.82, 2.24) is 20.3 Å². The summed E-state index contributed by atoms with van der Waals surface area (Å²) in [6.45, 7) is 0.369. The summed E-state index contributed by atoms with van der Waals surface area (Å²) >= 11 is 9.60. The lowest BCUT2D eigenvalue weighted by atomic mass is 9.91. The number of carbonyl (C=O) groups is 2. The van der Waals surface area contributed by atoms with Gasteiger partial charge < -0.3 is 15.2 Å². The zero-order valence-electron chi connectivity index (χ0n) is 13.5. The fourth-order valence-corrected chi connectivity index (χ4v) is 4.05. The molecule has 0 saturated carbocycles. The molecule has 3 heterocycles. The van der Waals surface area contributed by atoms with E-state index in [1.807, 2.05) is 0 Å². The van der Waals surface area contributed by atoms with E-state index in [-0.39, 0.29) is 11.7 Å². The maximum Gasteiger partial charge on any atom is 0.238 e. The fourth-order valence-electron chi connectivity index (χ4n) is 3.13. The summed E-state index contributed by atoms with van der Waals surface area (Å²) in [7, 11) is 3.41. The summed E-state index contributed by atoms with van der Waals surface area (Å²) < 4.78 is 13.9. The average molecular weight is 433 g/mol. The quantitative estimate of drug-likeness (QED) is 0.327. The van der Waals surface area contributed by atoms with Crippen LogP contribution in [0.2, 0.25) is 0 Å². The zero-order valence-corrected chi connectivity index (χ0v) is 15.8. The van der Waals surface area contributed by atoms with E-state index in [4.69, 9.17) is 11.6 Å². The van der Waals surface area contributed by atoms with Crippen molar-refractivity contribution in [2.24, 2.45) is 11.8 Å². The van der Waals surface area contributed by atoms with Gasteiger partial charge in [-0.05, 0) is 12.1 Å². The van der Waals surface area contributed by atoms with Crippen LogP contribution >= 0.6 is 27.5 Å². The monoisotopic (exact) mass is 431 g/mol. The van der Waals surface area contributed by atoms with Gasteiger partial charge in [0.2, 0.25) is 17.8 Å². The molecule has 0 radical (unpaired) electrons. The maximum atomic E-state index is 13.2. The second-order valence-electron chi connectivity index (χ2n) is 5.92. The molecule has 25 heavy (non-hydrogen) atoms. The third kappa shape index (κ3) is 3.36. The van der Waals surface area contributed by atoms with Crippen molar-refractivity contribution in [2.75, 3.05) is 26.0 Å². The fraction of sp³-hybridized carbons (Fsp3) is 0.400. The number of amides is 2. The summed E-state index contributed by atoms with van der Waals surface area (Å²) in [6.07, 6.45) is 0. The first-order valence-electron chi connectivity index (χ1n) is 7.51. The molecular weight excluding hydrogens is 417 g/mol. The number of likely N-dealkylation sites (tertiary alicyclic amines) is 1. The Balaban J connectivity index is 1.89. The lowest BCUT2D eigenvalue weighted by Crippen LogP contribution is -2.38. The van der Waals surface area contributed by atoms with Crippen LogP contribution < -0.4 is 10.7 Å². The smallest absolute Gasteiger partial charge is 0.238 e. The third-order valence-electron chi connectivity index (χ3n) is 4.25. The molecule has 2 aliphatic heterocycles. The summed E-state index contributed by atoms with van der Waals surface area (Å²) in [6, 6.07) is 4.07. The molecule has 0 bridgehead atoms. The Morgan fingerprint density at radius 2 is 2.20 bits per heavy atom. The van der Waals surface area contributed by atoms with Gasteiger partial charge in [0.05, 0.1) is 0 Å². The van der Waals surface area contributed by atoms with Crippen LogP contribution in [-0.2, 0) is 9.59 Å². The van der Waals surface area contributed by atoms with E-state index in [0.717, 1.165) is 5.70 Å². The van der Waals surface area contributed by atoms with Crippen LogP contribution in [-0.4, -0.2) is 52.8 Å². The highest BCUT2D eigenvalue weighted by Gasteiger charge is 2.48. The molecule has 10 heteroatoms. The first kappa shape index (κ1) is 18.1. The largest absolute Gasteiger partial charge is 0.344 e. The van der Waals surface area contributed by atoms with E-state index in [1.165, 1.54) is 23.1 Å². The summed E-state index contributed by atoms with van der Waals surface area (Å²) in [4.78, 5) is 30.3. The van der Waals surface area contributed by atoms with Crippen molar-refractivity contribution >= 4 is 45.2 Å². The van der Waals surface area contributed by atoms with Crippen LogP contribution in [0.25, 0.3) is 0 Å². The highest BCUT2D eigenvalue weighted by atomic mass is 79.9. The number of alkyl halides is 1. The molecule has 7 nitrogen and oxygen atoms in total. The van der Waals surface area contributed by atoms with Crippen molar-refractivity contribution in [3.8, 4) is 0 Å². The molecule has 2 aliphatic rings. The molecule has 0 aromatic carbocycles. The predicted octanol–water partition coefficient (Wildman–Crippen LogP) is 1.48. The second kappa shape index (κ2) is 6.89. The molecule has 0 aliphatic carbocycles. The van der Waals surface area contributed by atoms with E-state index >= 15 is 0 Å². The van der Waals surface area contributed by atoms with Gasteiger partial charge in [-0.1, -0.05) is 33.6 Å². The number of hydrogen-bond donors (Lipinski definition) is 2. The number of halogens is 3. The first-order chi connectivity index (χ1) is 11.8. The number of rotatable bonds is 3. The van der Waals surface area contributed by atoms with Crippen molar-refractivity contribution in [3.05, 3.63) is 34.3 Å². The van der Waals surface area contributed by atoms with Gasteiger partial charge >= 0.3 is 0 Å². The summed E-state index contributed by atoms with van der Waals surface area (Å²) in [5, 5.41) is 4.23. The molecule has 134 valence electrons. The van der Waals surface area contributed by atoms with Crippen LogP contribution in [0.5, 0.6) is 0 Å². The number of carbonyl (C=O) groups excluding carboxylic acids is 2. The highest BCUT2D eigenvalue weighted by molar-refractivity contribution is 9.11. The van der Waals surface area contributed by atoms with Gasteiger partial charge in [0.1, 0.15) is 17.2 Å². The Kier molecular flexibility index (Phi) is 4.99. The molecular formula is C15H16BrClFN5O2. The molecule has 1 fully saturated rings. The van der Waals surface area contributed by atoms with Crippen LogP contribution in [0, 0.1) is 17.8 Å². The number of pyridine rings is 1. The molecule has 2 N–H and O–H groups in total. The normalized spacial score (nSPS) is 26.6. The van der Waals surface area contributed by atoms with E-state index in [2.05, 4.69) is 31.7 Å². The second-order valence-corrected chi connectivity index (χ2v) is 7.21. The van der Waals surface area contributed by atoms with Crippen molar-refractivity contribution in [3.63, 3.8) is 0 Å². The molecule has 1 saturated heterocycles. The molecule has 3 atom stereocenters. The van der Waals surface area contributed by atoms with Crippen LogP contribution in [0.4, 0.5) is 10.2 Å². The van der Waals surface area contributed by atoms with Gasteiger partial charge in [-0.3, -0.25) is 9.59 Å². The van der Waals surface area contributed by atoms with E-state index in [1.54, 1.807) is 19.1 Å². The molecule has 2 amide bonds. The topological polar surface area (TPSA) is 77.6 Å². The summed E-state index contributed by atoms with van der Waals surface area (Å²) in [5.74, 6) is -2.84. The van der Waals surface area contributed by atoms with Crippen LogP contribution in [0.1, 0.15) is 0 Å². The average Bonchev–Trinajstić information content (AvgIpc) is 2.95. The van der Waals surface area contributed by atoms with Crippen molar-refractivity contribution < 1.29 is 14.0 Å². The molecule has 1 unspecified atom stereocenters. The number of hydrogen-bond acceptors (Lipinski definition) is 5. The lowest BCUT2D eigenvalue weighted by Gasteiger charge is -2.24. The Hall–Kier alpha value is -1.71. The number of anilines is 1. The minimum Gasteiger partial charge on any atom is -0.344 e. The van der Waals surface area contributed by atoms with E-state index < -0.39 is 29.2 Å². The van der Waals surface area contributed by atoms with Gasteiger partial charge in [-0.2, -0.15) is 4.39 Å². The Bertz CT molecular complexity index is 761.